The summed E-state index contributed by atoms with van der Waals surface area (Å²) in [6, 6.07) is 15.7. The van der Waals surface area contributed by atoms with Crippen molar-refractivity contribution in [2.24, 2.45) is 0 Å². The van der Waals surface area contributed by atoms with Crippen LogP contribution in [0.2, 0.25) is 0 Å². The number of likely N-dealkylation sites (N-methyl/N-ethyl adjacent to an activating group) is 1. The van der Waals surface area contributed by atoms with Gasteiger partial charge in [0.25, 0.3) is 11.1 Å². The van der Waals surface area contributed by atoms with Gasteiger partial charge in [-0.2, -0.15) is 0 Å². The summed E-state index contributed by atoms with van der Waals surface area (Å²) >= 11 is 4.48. The van der Waals surface area contributed by atoms with Crippen LogP contribution in [0.5, 0.6) is 0 Å². The lowest BCUT2D eigenvalue weighted by Gasteiger charge is -2.19. The Morgan fingerprint density at radius 3 is 2.53 bits per heavy atom. The van der Waals surface area contributed by atoms with E-state index in [1.807, 2.05) is 73.1 Å². The molecule has 0 aliphatic carbocycles. The smallest absolute Gasteiger partial charge is 0.293 e. The molecule has 6 nitrogen and oxygen atoms in total. The summed E-state index contributed by atoms with van der Waals surface area (Å²) in [5.74, 6) is -0.237. The van der Waals surface area contributed by atoms with Crippen LogP contribution >= 0.6 is 27.7 Å². The number of fused-ring (bicyclic) bond motifs is 1. The number of hydrogen-bond acceptors (Lipinski definition) is 4. The van der Waals surface area contributed by atoms with Gasteiger partial charge in [-0.05, 0) is 61.9 Å². The predicted molar refractivity (Wildman–Crippen MR) is 140 cm³/mol. The Bertz CT molecular complexity index is 1270. The predicted octanol–water partition coefficient (Wildman–Crippen LogP) is 5.55. The number of rotatable bonds is 8. The molecule has 0 saturated carbocycles. The summed E-state index contributed by atoms with van der Waals surface area (Å²) in [4.78, 5) is 41.9. The van der Waals surface area contributed by atoms with Crippen molar-refractivity contribution in [3.8, 4) is 0 Å². The Kier molecular flexibility index (Phi) is 7.58. The Balaban J connectivity index is 1.61. The highest BCUT2D eigenvalue weighted by Gasteiger charge is 2.34. The van der Waals surface area contributed by atoms with Crippen molar-refractivity contribution in [2.45, 2.75) is 26.8 Å². The molecule has 0 unspecified atom stereocenters. The van der Waals surface area contributed by atoms with Crippen molar-refractivity contribution >= 4 is 61.7 Å². The number of benzene rings is 2. The van der Waals surface area contributed by atoms with E-state index in [9.17, 15) is 14.4 Å². The van der Waals surface area contributed by atoms with E-state index in [2.05, 4.69) is 15.9 Å². The molecular formula is C26H26BrN3O3S. The molecule has 1 aromatic heterocycles. The molecule has 1 aliphatic heterocycles. The number of carbonyl (C=O) groups excluding carboxylic acids is 3. The van der Waals surface area contributed by atoms with Gasteiger partial charge in [-0.15, -0.1) is 0 Å². The van der Waals surface area contributed by atoms with Crippen LogP contribution in [0, 0.1) is 0 Å². The molecule has 0 atom stereocenters. The molecule has 0 N–H and O–H groups in total. The molecule has 3 aromatic rings. The second kappa shape index (κ2) is 10.6. The molecule has 8 heteroatoms. The van der Waals surface area contributed by atoms with Gasteiger partial charge in [0.2, 0.25) is 5.91 Å². The molecule has 34 heavy (non-hydrogen) atoms. The first-order valence-corrected chi connectivity index (χ1v) is 12.9. The van der Waals surface area contributed by atoms with Gasteiger partial charge >= 0.3 is 0 Å². The fourth-order valence-corrected chi connectivity index (χ4v) is 5.30. The van der Waals surface area contributed by atoms with E-state index in [0.29, 0.717) is 31.0 Å². The first-order chi connectivity index (χ1) is 16.4. The normalized spacial score (nSPS) is 15.0. The number of carbonyl (C=O) groups is 3. The molecule has 3 amide bonds. The maximum absolute atomic E-state index is 13.0. The number of amides is 3. The van der Waals surface area contributed by atoms with E-state index in [4.69, 9.17) is 0 Å². The van der Waals surface area contributed by atoms with Gasteiger partial charge in [0.05, 0.1) is 4.91 Å². The molecular weight excluding hydrogens is 514 g/mol. The molecule has 4 rings (SSSR count). The summed E-state index contributed by atoms with van der Waals surface area (Å²) in [6.45, 7) is 5.80. The maximum Gasteiger partial charge on any atom is 0.293 e. The van der Waals surface area contributed by atoms with Gasteiger partial charge in [-0.25, -0.2) is 0 Å². The molecule has 176 valence electrons. The van der Waals surface area contributed by atoms with Crippen LogP contribution < -0.4 is 0 Å². The molecule has 0 radical (unpaired) electrons. The van der Waals surface area contributed by atoms with Crippen LogP contribution in [0.3, 0.4) is 0 Å². The minimum atomic E-state index is -0.277. The maximum atomic E-state index is 13.0. The number of halogens is 1. The highest BCUT2D eigenvalue weighted by atomic mass is 79.9. The fourth-order valence-electron chi connectivity index (χ4n) is 4.08. The van der Waals surface area contributed by atoms with Crippen molar-refractivity contribution in [1.29, 1.82) is 0 Å². The van der Waals surface area contributed by atoms with Crippen LogP contribution in [0.4, 0.5) is 4.79 Å². The summed E-state index contributed by atoms with van der Waals surface area (Å²) in [5, 5.41) is 0.659. The molecule has 1 aliphatic rings. The molecule has 2 aromatic carbocycles. The highest BCUT2D eigenvalue weighted by molar-refractivity contribution is 9.10. The number of aromatic nitrogens is 1. The average molecular weight is 540 g/mol. The van der Waals surface area contributed by atoms with Gasteiger partial charge in [-0.1, -0.05) is 46.3 Å². The van der Waals surface area contributed by atoms with E-state index in [0.717, 1.165) is 38.3 Å². The first kappa shape index (κ1) is 24.3. The third-order valence-corrected chi connectivity index (χ3v) is 7.32. The quantitative estimate of drug-likeness (QED) is 0.352. The van der Waals surface area contributed by atoms with E-state index < -0.39 is 0 Å². The van der Waals surface area contributed by atoms with Crippen molar-refractivity contribution in [1.82, 2.24) is 14.4 Å². The Hall–Kier alpha value is -2.84. The molecule has 2 heterocycles. The number of imide groups is 1. The molecule has 0 spiro atoms. The number of hydrogen-bond donors (Lipinski definition) is 0. The molecule has 0 bridgehead atoms. The van der Waals surface area contributed by atoms with Crippen molar-refractivity contribution in [3.05, 3.63) is 75.2 Å². The minimum Gasteiger partial charge on any atom is -0.342 e. The van der Waals surface area contributed by atoms with Crippen LogP contribution in [0.1, 0.15) is 25.0 Å². The van der Waals surface area contributed by atoms with Crippen molar-refractivity contribution in [3.63, 3.8) is 0 Å². The third kappa shape index (κ3) is 5.13. The van der Waals surface area contributed by atoms with Crippen molar-refractivity contribution < 1.29 is 14.4 Å². The standard InChI is InChI=1S/C26H26BrN3O3S/c1-3-28(4-2)24(31)17-29-16-19(21-15-20(27)10-11-22(21)29)14-23-25(32)30(26(33)34-23)13-12-18-8-6-5-7-9-18/h5-11,14-16H,3-4,12-13,17H2,1-2H3/b23-14-. The first-order valence-electron chi connectivity index (χ1n) is 11.3. The van der Waals surface area contributed by atoms with Gasteiger partial charge in [0.1, 0.15) is 6.54 Å². The minimum absolute atomic E-state index is 0.0394. The van der Waals surface area contributed by atoms with Crippen LogP contribution in [0.15, 0.2) is 64.1 Å². The zero-order chi connectivity index (χ0) is 24.2. The van der Waals surface area contributed by atoms with E-state index >= 15 is 0 Å². The highest BCUT2D eigenvalue weighted by Crippen LogP contribution is 2.35. The summed E-state index contributed by atoms with van der Waals surface area (Å²) < 4.78 is 2.81. The molecule has 1 saturated heterocycles. The van der Waals surface area contributed by atoms with Crippen LogP contribution in [-0.2, 0) is 22.6 Å². The van der Waals surface area contributed by atoms with Gasteiger partial charge in [0.15, 0.2) is 0 Å². The number of thioether (sulfide) groups is 1. The van der Waals surface area contributed by atoms with E-state index in [1.54, 1.807) is 11.0 Å². The second-order valence-corrected chi connectivity index (χ2v) is 9.92. The lowest BCUT2D eigenvalue weighted by Crippen LogP contribution is -2.33. The Morgan fingerprint density at radius 2 is 1.82 bits per heavy atom. The lowest BCUT2D eigenvalue weighted by molar-refractivity contribution is -0.131. The fraction of sp³-hybridized carbons (Fsp3) is 0.269. The SMILES string of the molecule is CCN(CC)C(=O)Cn1cc(/C=C2\SC(=O)N(CCc3ccccc3)C2=O)c2cc(Br)ccc21. The van der Waals surface area contributed by atoms with Crippen LogP contribution in [0.25, 0.3) is 17.0 Å². The third-order valence-electron chi connectivity index (χ3n) is 5.92. The molecule has 1 fully saturated rings. The van der Waals surface area contributed by atoms with Gasteiger partial charge in [0, 0.05) is 46.8 Å². The zero-order valence-electron chi connectivity index (χ0n) is 19.2. The largest absolute Gasteiger partial charge is 0.342 e. The second-order valence-electron chi connectivity index (χ2n) is 8.01. The summed E-state index contributed by atoms with van der Waals surface area (Å²) in [6.07, 6.45) is 4.27. The van der Waals surface area contributed by atoms with Crippen LogP contribution in [-0.4, -0.2) is 51.1 Å². The average Bonchev–Trinajstić information content (AvgIpc) is 3.29. The number of nitrogens with zero attached hydrogens (tertiary/aromatic N) is 3. The monoisotopic (exact) mass is 539 g/mol. The van der Waals surface area contributed by atoms with E-state index in [-0.39, 0.29) is 23.6 Å². The zero-order valence-corrected chi connectivity index (χ0v) is 21.6. The Labute approximate surface area is 211 Å². The van der Waals surface area contributed by atoms with Gasteiger partial charge < -0.3 is 9.47 Å². The summed E-state index contributed by atoms with van der Waals surface area (Å²) in [5.41, 5.74) is 2.78. The lowest BCUT2D eigenvalue weighted by atomic mass is 10.1. The topological polar surface area (TPSA) is 62.6 Å². The van der Waals surface area contributed by atoms with Gasteiger partial charge in [-0.3, -0.25) is 19.3 Å². The summed E-state index contributed by atoms with van der Waals surface area (Å²) in [7, 11) is 0. The Morgan fingerprint density at radius 1 is 1.09 bits per heavy atom. The van der Waals surface area contributed by atoms with E-state index in [1.165, 1.54) is 4.90 Å². The van der Waals surface area contributed by atoms with Crippen molar-refractivity contribution in [2.75, 3.05) is 19.6 Å².